The summed E-state index contributed by atoms with van der Waals surface area (Å²) in [5.74, 6) is -10.6. The first-order valence-corrected chi connectivity index (χ1v) is 12.0. The van der Waals surface area contributed by atoms with E-state index in [2.05, 4.69) is 11.3 Å². The number of halogens is 8. The molecule has 1 saturated heterocycles. The van der Waals surface area contributed by atoms with Gasteiger partial charge in [-0.1, -0.05) is 32.4 Å². The third-order valence-electron chi connectivity index (χ3n) is 5.95. The Morgan fingerprint density at radius 3 is 2.08 bits per heavy atom. The number of unbranched alkanes of at least 4 members (excludes halogenated alkanes) is 1. The second kappa shape index (κ2) is 12.8. The van der Waals surface area contributed by atoms with Crippen molar-refractivity contribution in [2.24, 2.45) is 5.92 Å². The Morgan fingerprint density at radius 1 is 1.00 bits per heavy atom. The topological polar surface area (TPSA) is 27.7 Å². The maximum Gasteiger partial charge on any atom is 0.432 e. The molecule has 11 heteroatoms. The highest BCUT2D eigenvalue weighted by molar-refractivity contribution is 5.77. The third-order valence-corrected chi connectivity index (χ3v) is 5.95. The van der Waals surface area contributed by atoms with Gasteiger partial charge in [-0.3, -0.25) is 0 Å². The van der Waals surface area contributed by atoms with Crippen LogP contribution in [0.15, 0.2) is 54.6 Å². The van der Waals surface area contributed by atoms with Gasteiger partial charge in [-0.25, -0.2) is 26.3 Å². The Bertz CT molecular complexity index is 1220. The summed E-state index contributed by atoms with van der Waals surface area (Å²) in [5.41, 5.74) is -2.86. The molecule has 1 fully saturated rings. The van der Waals surface area contributed by atoms with E-state index in [1.165, 1.54) is 6.92 Å². The highest BCUT2D eigenvalue weighted by atomic mass is 19.3. The molecule has 1 heterocycles. The first-order chi connectivity index (χ1) is 18.4. The largest absolute Gasteiger partial charge is 0.432 e. The minimum absolute atomic E-state index is 0.108. The number of benzene rings is 2. The van der Waals surface area contributed by atoms with Gasteiger partial charge in [0.1, 0.15) is 28.8 Å². The van der Waals surface area contributed by atoms with Crippen LogP contribution in [0, 0.1) is 35.0 Å². The normalized spacial score (nSPS) is 18.8. The van der Waals surface area contributed by atoms with E-state index in [0.717, 1.165) is 25.3 Å². The van der Waals surface area contributed by atoms with Gasteiger partial charge in [0.05, 0.1) is 13.2 Å². The van der Waals surface area contributed by atoms with E-state index in [1.807, 2.05) is 6.92 Å². The monoisotopic (exact) mass is 562 g/mol. The van der Waals surface area contributed by atoms with Crippen LogP contribution in [0.5, 0.6) is 0 Å². The molecule has 39 heavy (non-hydrogen) atoms. The molecule has 1 aliphatic rings. The van der Waals surface area contributed by atoms with Gasteiger partial charge in [0.25, 0.3) is 0 Å². The molecule has 0 saturated carbocycles. The smallest absolute Gasteiger partial charge is 0.429 e. The maximum absolute atomic E-state index is 14.8. The zero-order valence-corrected chi connectivity index (χ0v) is 21.1. The minimum atomic E-state index is -4.63. The van der Waals surface area contributed by atoms with Gasteiger partial charge in [-0.15, -0.1) is 0 Å². The second-order valence-corrected chi connectivity index (χ2v) is 8.90. The number of rotatable bonds is 10. The first-order valence-electron chi connectivity index (χ1n) is 12.0. The molecular formula is C28H26F8O3. The zero-order valence-electron chi connectivity index (χ0n) is 21.1. The third kappa shape index (κ3) is 7.27. The van der Waals surface area contributed by atoms with E-state index in [1.54, 1.807) is 0 Å². The van der Waals surface area contributed by atoms with Crippen LogP contribution in [0.3, 0.4) is 0 Å². The van der Waals surface area contributed by atoms with Gasteiger partial charge in [-0.05, 0) is 43.2 Å². The molecule has 0 atom stereocenters. The summed E-state index contributed by atoms with van der Waals surface area (Å²) in [5, 5.41) is 0. The van der Waals surface area contributed by atoms with Gasteiger partial charge >= 0.3 is 6.11 Å². The van der Waals surface area contributed by atoms with Crippen LogP contribution < -0.4 is 0 Å². The number of allylic oxidation sites excluding steroid dienone is 4. The summed E-state index contributed by atoms with van der Waals surface area (Å²) in [7, 11) is 0. The highest BCUT2D eigenvalue weighted by Gasteiger charge is 2.42. The maximum atomic E-state index is 14.8. The predicted molar refractivity (Wildman–Crippen MR) is 127 cm³/mol. The molecule has 0 aromatic heterocycles. The first kappa shape index (κ1) is 30.4. The molecule has 2 aromatic rings. The van der Waals surface area contributed by atoms with E-state index >= 15 is 0 Å². The fourth-order valence-electron chi connectivity index (χ4n) is 4.02. The summed E-state index contributed by atoms with van der Waals surface area (Å²) in [4.78, 5) is 0. The average molecular weight is 562 g/mol. The lowest BCUT2D eigenvalue weighted by Crippen LogP contribution is -2.28. The Morgan fingerprint density at radius 2 is 1.56 bits per heavy atom. The summed E-state index contributed by atoms with van der Waals surface area (Å²) in [6, 6.07) is 2.25. The second-order valence-electron chi connectivity index (χ2n) is 8.90. The zero-order chi connectivity index (χ0) is 28.9. The standard InChI is InChI=1S/C28H26F8O3/c1-4-6-7-16-13-37-27(38-14-16)18-11-21(30)25(22(31)12-18)28(35,36)39-15(3)8-20(29)19(5-2)17-9-23(32)26(34)24(33)10-17/h5,8-12,16,27H,3-4,6-7,13-14H2,1-2H3/b19-5-,20-8+. The highest BCUT2D eigenvalue weighted by Crippen LogP contribution is 2.38. The Balaban J connectivity index is 1.76. The summed E-state index contributed by atoms with van der Waals surface area (Å²) in [6.07, 6.45) is -1.64. The Hall–Kier alpha value is -3.18. The lowest BCUT2D eigenvalue weighted by atomic mass is 10.0. The number of hydrogen-bond acceptors (Lipinski definition) is 3. The molecule has 3 nitrogen and oxygen atoms in total. The molecule has 2 aromatic carbocycles. The van der Waals surface area contributed by atoms with E-state index in [0.29, 0.717) is 30.3 Å². The van der Waals surface area contributed by atoms with Crippen molar-refractivity contribution in [3.05, 3.63) is 100 Å². The van der Waals surface area contributed by atoms with Crippen molar-refractivity contribution < 1.29 is 49.3 Å². The van der Waals surface area contributed by atoms with Crippen LogP contribution in [0.2, 0.25) is 0 Å². The van der Waals surface area contributed by atoms with Crippen LogP contribution in [0.4, 0.5) is 35.1 Å². The van der Waals surface area contributed by atoms with Crippen molar-refractivity contribution >= 4 is 5.57 Å². The number of alkyl halides is 2. The van der Waals surface area contributed by atoms with Crippen molar-refractivity contribution in [3.8, 4) is 0 Å². The summed E-state index contributed by atoms with van der Waals surface area (Å²) >= 11 is 0. The van der Waals surface area contributed by atoms with Gasteiger partial charge in [0.15, 0.2) is 23.7 Å². The molecule has 0 amide bonds. The van der Waals surface area contributed by atoms with Crippen LogP contribution in [0.1, 0.15) is 56.1 Å². The molecule has 0 unspecified atom stereocenters. The van der Waals surface area contributed by atoms with Crippen molar-refractivity contribution in [1.29, 1.82) is 0 Å². The van der Waals surface area contributed by atoms with E-state index in [9.17, 15) is 35.1 Å². The summed E-state index contributed by atoms with van der Waals surface area (Å²) < 4.78 is 129. The molecule has 3 rings (SSSR count). The fourth-order valence-corrected chi connectivity index (χ4v) is 4.02. The van der Waals surface area contributed by atoms with E-state index in [-0.39, 0.29) is 24.7 Å². The van der Waals surface area contributed by atoms with Gasteiger partial charge < -0.3 is 14.2 Å². The molecule has 0 aliphatic carbocycles. The van der Waals surface area contributed by atoms with Crippen LogP contribution >= 0.6 is 0 Å². The molecule has 0 N–H and O–H groups in total. The van der Waals surface area contributed by atoms with Gasteiger partial charge in [0, 0.05) is 23.1 Å². The van der Waals surface area contributed by atoms with E-state index in [4.69, 9.17) is 9.47 Å². The van der Waals surface area contributed by atoms with Gasteiger partial charge in [0.2, 0.25) is 0 Å². The SMILES string of the molecule is C=C(/C=C(F)\C(=C/C)c1cc(F)c(F)c(F)c1)OC(F)(F)c1c(F)cc(C2OCC(CCCC)CO2)cc1F. The molecular weight excluding hydrogens is 536 g/mol. The lowest BCUT2D eigenvalue weighted by Gasteiger charge is -2.30. The Kier molecular flexibility index (Phi) is 9.95. The van der Waals surface area contributed by atoms with Gasteiger partial charge in [-0.2, -0.15) is 8.78 Å². The molecule has 0 bridgehead atoms. The van der Waals surface area contributed by atoms with Crippen LogP contribution in [-0.4, -0.2) is 13.2 Å². The lowest BCUT2D eigenvalue weighted by molar-refractivity contribution is -0.224. The van der Waals surface area contributed by atoms with Crippen LogP contribution in [-0.2, 0) is 20.3 Å². The van der Waals surface area contributed by atoms with Crippen molar-refractivity contribution in [1.82, 2.24) is 0 Å². The van der Waals surface area contributed by atoms with Crippen molar-refractivity contribution in [2.45, 2.75) is 45.5 Å². The molecule has 1 aliphatic heterocycles. The minimum Gasteiger partial charge on any atom is -0.429 e. The van der Waals surface area contributed by atoms with Crippen LogP contribution in [0.25, 0.3) is 5.57 Å². The molecule has 0 spiro atoms. The number of hydrogen-bond donors (Lipinski definition) is 0. The van der Waals surface area contributed by atoms with E-state index < -0.39 is 69.8 Å². The summed E-state index contributed by atoms with van der Waals surface area (Å²) in [6.45, 7) is 6.95. The quantitative estimate of drug-likeness (QED) is 0.125. The molecule has 0 radical (unpaired) electrons. The molecule has 212 valence electrons. The average Bonchev–Trinajstić information content (AvgIpc) is 2.85. The number of ether oxygens (including phenoxy) is 3. The van der Waals surface area contributed by atoms with Crippen molar-refractivity contribution in [3.63, 3.8) is 0 Å². The Labute approximate surface area is 220 Å². The van der Waals surface area contributed by atoms with Crippen molar-refractivity contribution in [2.75, 3.05) is 13.2 Å². The fraction of sp³-hybridized carbons (Fsp3) is 0.357. The predicted octanol–water partition coefficient (Wildman–Crippen LogP) is 8.77.